The van der Waals surface area contributed by atoms with Gasteiger partial charge in [0.1, 0.15) is 6.04 Å². The first-order valence-electron chi connectivity index (χ1n) is 6.63. The van der Waals surface area contributed by atoms with Gasteiger partial charge in [0, 0.05) is 10.4 Å². The van der Waals surface area contributed by atoms with Crippen LogP contribution < -0.4 is 11.1 Å². The number of thioether (sulfide) groups is 1. The summed E-state index contributed by atoms with van der Waals surface area (Å²) in [6, 6.07) is 4.69. The van der Waals surface area contributed by atoms with E-state index in [0.29, 0.717) is 0 Å². The van der Waals surface area contributed by atoms with E-state index in [9.17, 15) is 9.59 Å². The first-order chi connectivity index (χ1) is 9.63. The number of anilines is 1. The first-order valence-corrected chi connectivity index (χ1v) is 7.61. The number of hydrogen-bond donors (Lipinski definition) is 3. The Bertz CT molecular complexity index is 544. The minimum Gasteiger partial charge on any atom is -0.480 e. The number of nitrogens with two attached hydrogens (primary N) is 1. The average Bonchev–Trinajstić information content (AvgIpc) is 2.40. The van der Waals surface area contributed by atoms with Crippen LogP contribution in [0.4, 0.5) is 5.69 Å². The highest BCUT2D eigenvalue weighted by molar-refractivity contribution is 8.01. The molecule has 0 fully saturated rings. The van der Waals surface area contributed by atoms with Crippen molar-refractivity contribution in [3.63, 3.8) is 0 Å². The highest BCUT2D eigenvalue weighted by Gasteiger charge is 2.33. The molecule has 21 heavy (non-hydrogen) atoms. The average molecular weight is 310 g/mol. The predicted molar refractivity (Wildman–Crippen MR) is 86.7 cm³/mol. The molecule has 0 spiro atoms. The van der Waals surface area contributed by atoms with Crippen LogP contribution in [0.15, 0.2) is 18.2 Å². The van der Waals surface area contributed by atoms with Crippen LogP contribution in [-0.4, -0.2) is 33.5 Å². The summed E-state index contributed by atoms with van der Waals surface area (Å²) in [5.74, 6) is -1.09. The van der Waals surface area contributed by atoms with Crippen LogP contribution in [0.25, 0.3) is 0 Å². The van der Waals surface area contributed by atoms with E-state index in [1.54, 1.807) is 13.8 Å². The lowest BCUT2D eigenvalue weighted by Crippen LogP contribution is -2.47. The summed E-state index contributed by atoms with van der Waals surface area (Å²) in [5, 5.41) is 11.7. The van der Waals surface area contributed by atoms with E-state index < -0.39 is 16.8 Å². The Balaban J connectivity index is 2.58. The van der Waals surface area contributed by atoms with Crippen LogP contribution in [0.1, 0.15) is 25.0 Å². The van der Waals surface area contributed by atoms with E-state index in [4.69, 9.17) is 10.8 Å². The lowest BCUT2D eigenvalue weighted by Gasteiger charge is -2.27. The monoisotopic (exact) mass is 310 g/mol. The number of carbonyl (C=O) groups is 2. The molecule has 1 aromatic carbocycles. The Morgan fingerprint density at radius 1 is 1.33 bits per heavy atom. The van der Waals surface area contributed by atoms with Gasteiger partial charge in [0.15, 0.2) is 0 Å². The van der Waals surface area contributed by atoms with Crippen molar-refractivity contribution in [1.82, 2.24) is 0 Å². The third-order valence-electron chi connectivity index (χ3n) is 3.38. The van der Waals surface area contributed by atoms with Crippen LogP contribution in [0, 0.1) is 13.8 Å². The molecular weight excluding hydrogens is 288 g/mol. The summed E-state index contributed by atoms with van der Waals surface area (Å²) in [6.45, 7) is 7.43. The maximum Gasteiger partial charge on any atom is 0.321 e. The van der Waals surface area contributed by atoms with Gasteiger partial charge in [-0.25, -0.2) is 0 Å². The van der Waals surface area contributed by atoms with Gasteiger partial charge in [0.05, 0.1) is 5.75 Å². The first kappa shape index (κ1) is 17.5. The van der Waals surface area contributed by atoms with Crippen molar-refractivity contribution >= 4 is 29.3 Å². The molecule has 0 heterocycles. The summed E-state index contributed by atoms with van der Waals surface area (Å²) in [5.41, 5.74) is 8.63. The highest BCUT2D eigenvalue weighted by Crippen LogP contribution is 2.27. The van der Waals surface area contributed by atoms with E-state index in [-0.39, 0.29) is 11.7 Å². The molecule has 1 rings (SSSR count). The van der Waals surface area contributed by atoms with Gasteiger partial charge >= 0.3 is 5.97 Å². The van der Waals surface area contributed by atoms with Crippen LogP contribution in [-0.2, 0) is 9.59 Å². The fourth-order valence-corrected chi connectivity index (χ4v) is 2.51. The Morgan fingerprint density at radius 2 is 1.95 bits per heavy atom. The Kier molecular flexibility index (Phi) is 5.80. The SMILES string of the molecule is Cc1ccc(NC(=O)CSC(C)(C)[C@H](N)C(=O)O)cc1C. The molecule has 5 nitrogen and oxygen atoms in total. The van der Waals surface area contributed by atoms with Crippen molar-refractivity contribution in [3.05, 3.63) is 29.3 Å². The van der Waals surface area contributed by atoms with Crippen LogP contribution in [0.2, 0.25) is 0 Å². The second kappa shape index (κ2) is 6.95. The third kappa shape index (κ3) is 5.06. The summed E-state index contributed by atoms with van der Waals surface area (Å²) in [6.07, 6.45) is 0. The minimum absolute atomic E-state index is 0.154. The smallest absolute Gasteiger partial charge is 0.321 e. The van der Waals surface area contributed by atoms with Gasteiger partial charge in [-0.15, -0.1) is 11.8 Å². The highest BCUT2D eigenvalue weighted by atomic mass is 32.2. The van der Waals surface area contributed by atoms with Gasteiger partial charge < -0.3 is 16.2 Å². The largest absolute Gasteiger partial charge is 0.480 e. The molecule has 6 heteroatoms. The second-order valence-corrected chi connectivity index (χ2v) is 7.18. The van der Waals surface area contributed by atoms with Crippen molar-refractivity contribution in [3.8, 4) is 0 Å². The molecule has 0 saturated carbocycles. The molecule has 0 radical (unpaired) electrons. The molecule has 0 bridgehead atoms. The zero-order valence-corrected chi connectivity index (χ0v) is 13.6. The molecule has 0 aliphatic rings. The van der Waals surface area contributed by atoms with Gasteiger partial charge in [-0.2, -0.15) is 0 Å². The summed E-state index contributed by atoms with van der Waals surface area (Å²) >= 11 is 1.23. The topological polar surface area (TPSA) is 92.4 Å². The second-order valence-electron chi connectivity index (χ2n) is 5.56. The predicted octanol–water partition coefficient (Wildman–Crippen LogP) is 2.17. The normalized spacial score (nSPS) is 12.8. The van der Waals surface area contributed by atoms with Crippen LogP contribution in [0.5, 0.6) is 0 Å². The molecule has 1 aromatic rings. The van der Waals surface area contributed by atoms with E-state index in [1.807, 2.05) is 32.0 Å². The molecular formula is C15H22N2O3S. The molecule has 0 unspecified atom stereocenters. The van der Waals surface area contributed by atoms with Gasteiger partial charge in [-0.1, -0.05) is 6.07 Å². The lowest BCUT2D eigenvalue weighted by atomic mass is 10.1. The van der Waals surface area contributed by atoms with Gasteiger partial charge in [0.2, 0.25) is 5.91 Å². The van der Waals surface area contributed by atoms with Gasteiger partial charge in [-0.3, -0.25) is 9.59 Å². The zero-order valence-electron chi connectivity index (χ0n) is 12.8. The number of rotatable bonds is 6. The van der Waals surface area contributed by atoms with Gasteiger partial charge in [0.25, 0.3) is 0 Å². The van der Waals surface area contributed by atoms with E-state index in [1.165, 1.54) is 11.8 Å². The Morgan fingerprint density at radius 3 is 2.48 bits per heavy atom. The van der Waals surface area contributed by atoms with Crippen molar-refractivity contribution in [2.75, 3.05) is 11.1 Å². The van der Waals surface area contributed by atoms with Crippen LogP contribution >= 0.6 is 11.8 Å². The standard InChI is InChI=1S/C15H22N2O3S/c1-9-5-6-11(7-10(9)2)17-12(18)8-21-15(3,4)13(16)14(19)20/h5-7,13H,8,16H2,1-4H3,(H,17,18)(H,19,20)/t13-/m1/s1. The number of carbonyl (C=O) groups excluding carboxylic acids is 1. The Hall–Kier alpha value is -1.53. The molecule has 1 atom stereocenters. The molecule has 0 aliphatic heterocycles. The number of aliphatic carboxylic acids is 1. The zero-order chi connectivity index (χ0) is 16.2. The van der Waals surface area contributed by atoms with Crippen molar-refractivity contribution in [1.29, 1.82) is 0 Å². The third-order valence-corrected chi connectivity index (χ3v) is 4.79. The van der Waals surface area contributed by atoms with E-state index in [2.05, 4.69) is 5.32 Å². The summed E-state index contributed by atoms with van der Waals surface area (Å²) < 4.78 is -0.716. The summed E-state index contributed by atoms with van der Waals surface area (Å²) in [4.78, 5) is 22.8. The number of amides is 1. The number of hydrogen-bond acceptors (Lipinski definition) is 4. The molecule has 0 saturated heterocycles. The number of benzene rings is 1. The van der Waals surface area contributed by atoms with Gasteiger partial charge in [-0.05, 0) is 51.0 Å². The Labute approximate surface area is 129 Å². The maximum absolute atomic E-state index is 11.9. The molecule has 0 aromatic heterocycles. The lowest BCUT2D eigenvalue weighted by molar-refractivity contribution is -0.139. The number of aryl methyl sites for hydroxylation is 2. The van der Waals surface area contributed by atoms with Crippen molar-refractivity contribution < 1.29 is 14.7 Å². The van der Waals surface area contributed by atoms with Crippen molar-refractivity contribution in [2.45, 2.75) is 38.5 Å². The molecule has 0 aliphatic carbocycles. The van der Waals surface area contributed by atoms with Crippen LogP contribution in [0.3, 0.4) is 0 Å². The number of nitrogens with one attached hydrogen (secondary N) is 1. The quantitative estimate of drug-likeness (QED) is 0.749. The molecule has 116 valence electrons. The minimum atomic E-state index is -1.07. The molecule has 4 N–H and O–H groups in total. The number of carboxylic acid groups (broad SMARTS) is 1. The van der Waals surface area contributed by atoms with E-state index in [0.717, 1.165) is 16.8 Å². The fourth-order valence-electron chi connectivity index (χ4n) is 1.65. The van der Waals surface area contributed by atoms with E-state index >= 15 is 0 Å². The summed E-state index contributed by atoms with van der Waals surface area (Å²) in [7, 11) is 0. The fraction of sp³-hybridized carbons (Fsp3) is 0.467. The number of carboxylic acids is 1. The van der Waals surface area contributed by atoms with Crippen molar-refractivity contribution in [2.24, 2.45) is 5.73 Å². The molecule has 1 amide bonds. The maximum atomic E-state index is 11.9.